The number of allylic oxidation sites excluding steroid dienone is 2. The molecule has 0 spiro atoms. The molecule has 0 aliphatic heterocycles. The lowest BCUT2D eigenvalue weighted by atomic mass is 9.95. The molecule has 4 rings (SSSR count). The second-order valence-electron chi connectivity index (χ2n) is 11.4. The maximum atomic E-state index is 14.3. The Morgan fingerprint density at radius 3 is 2.47 bits per heavy atom. The molecule has 0 amide bonds. The number of ketones is 1. The summed E-state index contributed by atoms with van der Waals surface area (Å²) in [5.41, 5.74) is -1.17. The van der Waals surface area contributed by atoms with Gasteiger partial charge in [0.25, 0.3) is 5.56 Å². The van der Waals surface area contributed by atoms with Crippen molar-refractivity contribution < 1.29 is 24.2 Å². The van der Waals surface area contributed by atoms with Crippen molar-refractivity contribution in [2.45, 2.75) is 84.6 Å². The summed E-state index contributed by atoms with van der Waals surface area (Å²) in [5, 5.41) is 15.2. The van der Waals surface area contributed by atoms with Crippen LogP contribution >= 0.6 is 11.3 Å². The number of carbonyl (C=O) groups excluding carboxylic acids is 1. The first kappa shape index (κ1) is 31.9. The monoisotopic (exact) mass is 610 g/mol. The van der Waals surface area contributed by atoms with Crippen molar-refractivity contribution in [3.05, 3.63) is 80.5 Å². The van der Waals surface area contributed by atoms with Crippen LogP contribution in [0.5, 0.6) is 0 Å². The zero-order valence-electron chi connectivity index (χ0n) is 25.4. The minimum absolute atomic E-state index is 0.0614. The fourth-order valence-electron chi connectivity index (χ4n) is 5.31. The lowest BCUT2D eigenvalue weighted by molar-refractivity contribution is -0.146. The number of thiophene rings is 1. The number of carboxylic acids is 1. The van der Waals surface area contributed by atoms with Crippen LogP contribution in [0, 0.1) is 6.92 Å². The molecule has 11 nitrogen and oxygen atoms in total. The Balaban J connectivity index is 2.04. The molecule has 1 fully saturated rings. The van der Waals surface area contributed by atoms with Gasteiger partial charge in [-0.05, 0) is 59.6 Å². The maximum absolute atomic E-state index is 14.3. The predicted molar refractivity (Wildman–Crippen MR) is 165 cm³/mol. The molecule has 43 heavy (non-hydrogen) atoms. The third-order valence-corrected chi connectivity index (χ3v) is 8.96. The van der Waals surface area contributed by atoms with Crippen LogP contribution in [-0.4, -0.2) is 55.1 Å². The lowest BCUT2D eigenvalue weighted by Crippen LogP contribution is -2.53. The first-order chi connectivity index (χ1) is 20.3. The summed E-state index contributed by atoms with van der Waals surface area (Å²) in [6.07, 6.45) is 7.64. The molecule has 230 valence electrons. The molecule has 0 bridgehead atoms. The van der Waals surface area contributed by atoms with Gasteiger partial charge in [-0.25, -0.2) is 18.8 Å². The van der Waals surface area contributed by atoms with E-state index in [2.05, 4.69) is 11.7 Å². The Labute approximate surface area is 253 Å². The molecule has 1 N–H and O–H groups in total. The number of hydrogen-bond donors (Lipinski definition) is 1. The number of fused-ring (bicyclic) bond motifs is 1. The number of aryl methyl sites for hydroxylation is 1. The summed E-state index contributed by atoms with van der Waals surface area (Å²) >= 11 is 1.22. The van der Waals surface area contributed by atoms with E-state index < -0.39 is 28.9 Å². The van der Waals surface area contributed by atoms with Crippen LogP contribution in [0.25, 0.3) is 15.2 Å². The van der Waals surface area contributed by atoms with Crippen molar-refractivity contribution in [2.75, 3.05) is 7.11 Å². The predicted octanol–water partition coefficient (Wildman–Crippen LogP) is 4.49. The molecular formula is C31H38N4O7S. The summed E-state index contributed by atoms with van der Waals surface area (Å²) in [7, 11) is 1.52. The molecular weight excluding hydrogens is 572 g/mol. The molecule has 12 heteroatoms. The van der Waals surface area contributed by atoms with E-state index in [0.717, 1.165) is 10.1 Å². The SMILES string of the molecule is C=C/C(OC)=C(\C=C(C)C)[C@H](Cn1c(=O)n(C(C)(C)C(=O)O)c(=O)c2c(C)c(-n3cccn3)sc21)OC1CCC(=O)CC1. The third-order valence-electron chi connectivity index (χ3n) is 7.66. The number of aromatic nitrogens is 4. The molecule has 3 aromatic heterocycles. The number of Topliss-reactive ketones (excluding diaryl/α,β-unsaturated/α-hetero) is 1. The van der Waals surface area contributed by atoms with Crippen molar-refractivity contribution in [3.63, 3.8) is 0 Å². The van der Waals surface area contributed by atoms with Gasteiger partial charge in [0.1, 0.15) is 33.0 Å². The van der Waals surface area contributed by atoms with Crippen LogP contribution in [0.4, 0.5) is 0 Å². The third kappa shape index (κ3) is 6.21. The zero-order chi connectivity index (χ0) is 31.6. The normalized spacial score (nSPS) is 15.7. The van der Waals surface area contributed by atoms with Crippen molar-refractivity contribution in [3.8, 4) is 5.00 Å². The highest BCUT2D eigenvalue weighted by atomic mass is 32.1. The summed E-state index contributed by atoms with van der Waals surface area (Å²) in [6, 6.07) is 1.75. The van der Waals surface area contributed by atoms with Gasteiger partial charge in [-0.15, -0.1) is 0 Å². The minimum Gasteiger partial charge on any atom is -0.496 e. The number of nitrogens with zero attached hydrogens (tertiary/aromatic N) is 4. The van der Waals surface area contributed by atoms with E-state index in [-0.39, 0.29) is 23.8 Å². The molecule has 1 aliphatic carbocycles. The molecule has 1 atom stereocenters. The fourth-order valence-corrected chi connectivity index (χ4v) is 6.55. The average molecular weight is 611 g/mol. The van der Waals surface area contributed by atoms with Gasteiger partial charge in [0.05, 0.1) is 25.1 Å². The van der Waals surface area contributed by atoms with Crippen molar-refractivity contribution in [1.29, 1.82) is 0 Å². The van der Waals surface area contributed by atoms with E-state index in [1.54, 1.807) is 36.1 Å². The molecule has 0 unspecified atom stereocenters. The van der Waals surface area contributed by atoms with Crippen LogP contribution < -0.4 is 11.2 Å². The summed E-state index contributed by atoms with van der Waals surface area (Å²) in [5.74, 6) is -0.696. The van der Waals surface area contributed by atoms with E-state index in [1.165, 1.54) is 36.9 Å². The fraction of sp³-hybridized carbons (Fsp3) is 0.452. The van der Waals surface area contributed by atoms with Gasteiger partial charge >= 0.3 is 11.7 Å². The number of methoxy groups -OCH3 is 1. The second-order valence-corrected chi connectivity index (χ2v) is 12.4. The van der Waals surface area contributed by atoms with E-state index >= 15 is 0 Å². The summed E-state index contributed by atoms with van der Waals surface area (Å²) in [4.78, 5) is 52.9. The Kier molecular flexibility index (Phi) is 9.41. The number of carbonyl (C=O) groups is 2. The number of carboxylic acid groups (broad SMARTS) is 1. The van der Waals surface area contributed by atoms with Gasteiger partial charge in [0, 0.05) is 36.4 Å². The number of hydrogen-bond acceptors (Lipinski definition) is 8. The molecule has 0 saturated heterocycles. The summed E-state index contributed by atoms with van der Waals surface area (Å²) in [6.45, 7) is 12.1. The van der Waals surface area contributed by atoms with E-state index in [0.29, 0.717) is 52.4 Å². The molecule has 0 radical (unpaired) electrons. The van der Waals surface area contributed by atoms with Gasteiger partial charge in [0.15, 0.2) is 0 Å². The first-order valence-corrected chi connectivity index (χ1v) is 14.9. The van der Waals surface area contributed by atoms with Crippen LogP contribution in [0.3, 0.4) is 0 Å². The van der Waals surface area contributed by atoms with Gasteiger partial charge < -0.3 is 14.6 Å². The Hall–Kier alpha value is -4.03. The van der Waals surface area contributed by atoms with Gasteiger partial charge in [0.2, 0.25) is 0 Å². The van der Waals surface area contributed by atoms with Crippen molar-refractivity contribution >= 4 is 33.3 Å². The standard InChI is InChI=1S/C31H38N4O7S/c1-8-23(41-7)22(16-18(2)3)24(42-21-12-10-20(36)11-13-21)17-33-28-25(19(4)27(43-28)34-15-9-14-32-34)26(37)35(30(33)40)31(5,6)29(38)39/h8-9,14-16,21,24H,1,10-13,17H2,2-7H3,(H,38,39)/b23-22-/t24-/m0/s1. The van der Waals surface area contributed by atoms with Crippen LogP contribution in [0.2, 0.25) is 0 Å². The quantitative estimate of drug-likeness (QED) is 0.248. The van der Waals surface area contributed by atoms with Gasteiger partial charge in [-0.1, -0.05) is 29.6 Å². The Morgan fingerprint density at radius 2 is 1.93 bits per heavy atom. The van der Waals surface area contributed by atoms with Crippen molar-refractivity contribution in [2.24, 2.45) is 0 Å². The van der Waals surface area contributed by atoms with Crippen LogP contribution in [0.15, 0.2) is 63.7 Å². The smallest absolute Gasteiger partial charge is 0.333 e. The lowest BCUT2D eigenvalue weighted by Gasteiger charge is -2.30. The van der Waals surface area contributed by atoms with E-state index in [9.17, 15) is 24.3 Å². The average Bonchev–Trinajstić information content (AvgIpc) is 3.59. The van der Waals surface area contributed by atoms with Crippen molar-refractivity contribution in [1.82, 2.24) is 18.9 Å². The van der Waals surface area contributed by atoms with Crippen LogP contribution in [0.1, 0.15) is 58.9 Å². The Bertz CT molecular complexity index is 1720. The highest BCUT2D eigenvalue weighted by Gasteiger charge is 2.36. The highest BCUT2D eigenvalue weighted by molar-refractivity contribution is 7.21. The van der Waals surface area contributed by atoms with Gasteiger partial charge in [-0.2, -0.15) is 5.10 Å². The number of rotatable bonds is 11. The Morgan fingerprint density at radius 1 is 1.26 bits per heavy atom. The topological polar surface area (TPSA) is 135 Å². The zero-order valence-corrected chi connectivity index (χ0v) is 26.2. The van der Waals surface area contributed by atoms with Crippen LogP contribution in [-0.2, 0) is 31.1 Å². The van der Waals surface area contributed by atoms with Gasteiger partial charge in [-0.3, -0.25) is 14.2 Å². The molecule has 0 aromatic carbocycles. The number of aliphatic carboxylic acids is 1. The number of ether oxygens (including phenoxy) is 2. The molecule has 1 aliphatic rings. The molecule has 3 heterocycles. The maximum Gasteiger partial charge on any atom is 0.333 e. The molecule has 1 saturated carbocycles. The van der Waals surface area contributed by atoms with E-state index in [4.69, 9.17) is 9.47 Å². The largest absolute Gasteiger partial charge is 0.496 e. The van der Waals surface area contributed by atoms with E-state index in [1.807, 2.05) is 19.9 Å². The first-order valence-electron chi connectivity index (χ1n) is 14.1. The second kappa shape index (κ2) is 12.7. The summed E-state index contributed by atoms with van der Waals surface area (Å²) < 4.78 is 16.1. The minimum atomic E-state index is -1.85. The molecule has 3 aromatic rings. The highest BCUT2D eigenvalue weighted by Crippen LogP contribution is 2.33.